The first-order valence-corrected chi connectivity index (χ1v) is 8.53. The normalized spacial score (nSPS) is 10.2. The summed E-state index contributed by atoms with van der Waals surface area (Å²) in [5.74, 6) is 0. The highest BCUT2D eigenvalue weighted by Gasteiger charge is 1.91. The fourth-order valence-corrected chi connectivity index (χ4v) is 2.35. The largest absolute Gasteiger partial charge is 0.354 e. The van der Waals surface area contributed by atoms with Gasteiger partial charge in [-0.05, 0) is 25.0 Å². The second-order valence-electron chi connectivity index (χ2n) is 5.65. The molecule has 1 aromatic rings. The molecular formula is C18H33ClN2. The van der Waals surface area contributed by atoms with Crippen LogP contribution in [-0.2, 0) is 6.54 Å². The Labute approximate surface area is 137 Å². The second kappa shape index (κ2) is 14.2. The van der Waals surface area contributed by atoms with Crippen LogP contribution in [-0.4, -0.2) is 11.1 Å². The van der Waals surface area contributed by atoms with Gasteiger partial charge in [0.05, 0.1) is 5.36 Å². The van der Waals surface area contributed by atoms with Crippen molar-refractivity contribution in [2.75, 3.05) is 6.54 Å². The molecule has 0 aliphatic carbocycles. The van der Waals surface area contributed by atoms with Crippen LogP contribution in [0.3, 0.4) is 0 Å². The third-order valence-electron chi connectivity index (χ3n) is 3.70. The average molecular weight is 313 g/mol. The van der Waals surface area contributed by atoms with E-state index in [0.29, 0.717) is 0 Å². The lowest BCUT2D eigenvalue weighted by Crippen LogP contribution is -2.06. The van der Waals surface area contributed by atoms with E-state index in [9.17, 15) is 0 Å². The standard InChI is InChI=1S/C18H32N2.ClH/c1-3-5-7-9-10-14-19-18-12-16-20(17-13-18)15-11-8-6-4-2;/h12-13,16-17H,3-11,14-15H2,1-2H3;1H. The van der Waals surface area contributed by atoms with Gasteiger partial charge in [-0.25, -0.2) is 0 Å². The van der Waals surface area contributed by atoms with Crippen LogP contribution in [0.5, 0.6) is 0 Å². The van der Waals surface area contributed by atoms with E-state index in [1.54, 1.807) is 0 Å². The van der Waals surface area contributed by atoms with Crippen molar-refractivity contribution in [1.29, 1.82) is 0 Å². The summed E-state index contributed by atoms with van der Waals surface area (Å²) in [6.45, 7) is 6.62. The van der Waals surface area contributed by atoms with E-state index in [2.05, 4.69) is 47.9 Å². The lowest BCUT2D eigenvalue weighted by atomic mass is 10.1. The lowest BCUT2D eigenvalue weighted by Gasteiger charge is -2.05. The summed E-state index contributed by atoms with van der Waals surface area (Å²) in [6.07, 6.45) is 16.2. The Balaban J connectivity index is 0.00000400. The second-order valence-corrected chi connectivity index (χ2v) is 5.65. The van der Waals surface area contributed by atoms with Crippen LogP contribution in [0.25, 0.3) is 0 Å². The Morgan fingerprint density at radius 2 is 1.38 bits per heavy atom. The zero-order valence-corrected chi connectivity index (χ0v) is 14.7. The summed E-state index contributed by atoms with van der Waals surface area (Å²) in [5, 5.41) is 1.13. The van der Waals surface area contributed by atoms with Crippen molar-refractivity contribution in [2.24, 2.45) is 4.99 Å². The maximum absolute atomic E-state index is 4.64. The Morgan fingerprint density at radius 1 is 0.810 bits per heavy atom. The third-order valence-corrected chi connectivity index (χ3v) is 3.70. The third kappa shape index (κ3) is 10.6. The molecular weight excluding hydrogens is 280 g/mol. The molecule has 0 aliphatic rings. The maximum atomic E-state index is 4.64. The smallest absolute Gasteiger partial charge is 0.0603 e. The molecule has 21 heavy (non-hydrogen) atoms. The number of aromatic nitrogens is 1. The minimum Gasteiger partial charge on any atom is -0.354 e. The number of nitrogens with zero attached hydrogens (tertiary/aromatic N) is 2. The lowest BCUT2D eigenvalue weighted by molar-refractivity contribution is 0.579. The molecule has 0 radical (unpaired) electrons. The number of hydrogen-bond donors (Lipinski definition) is 0. The van der Waals surface area contributed by atoms with Gasteiger partial charge in [0, 0.05) is 25.5 Å². The molecule has 3 heteroatoms. The summed E-state index contributed by atoms with van der Waals surface area (Å²) in [6, 6.07) is 4.29. The SMILES string of the molecule is CCCCCCCN=c1ccn(CCCCCC)cc1.Cl. The molecule has 0 atom stereocenters. The van der Waals surface area contributed by atoms with E-state index in [0.717, 1.165) is 18.4 Å². The van der Waals surface area contributed by atoms with Crippen LogP contribution >= 0.6 is 12.4 Å². The topological polar surface area (TPSA) is 17.3 Å². The molecule has 2 nitrogen and oxygen atoms in total. The molecule has 0 N–H and O–H groups in total. The fraction of sp³-hybridized carbons (Fsp3) is 0.722. The van der Waals surface area contributed by atoms with Gasteiger partial charge in [0.25, 0.3) is 0 Å². The molecule has 0 saturated heterocycles. The van der Waals surface area contributed by atoms with E-state index < -0.39 is 0 Å². The van der Waals surface area contributed by atoms with E-state index in [1.165, 1.54) is 57.8 Å². The van der Waals surface area contributed by atoms with Crippen molar-refractivity contribution in [1.82, 2.24) is 4.57 Å². The van der Waals surface area contributed by atoms with E-state index in [1.807, 2.05) is 0 Å². The zero-order chi connectivity index (χ0) is 14.5. The van der Waals surface area contributed by atoms with Crippen LogP contribution in [0.15, 0.2) is 29.5 Å². The predicted octanol–water partition coefficient (Wildman–Crippen LogP) is 5.36. The molecule has 122 valence electrons. The van der Waals surface area contributed by atoms with Gasteiger partial charge in [0.2, 0.25) is 0 Å². The van der Waals surface area contributed by atoms with Gasteiger partial charge in [-0.2, -0.15) is 0 Å². The van der Waals surface area contributed by atoms with Crippen LogP contribution < -0.4 is 5.36 Å². The Kier molecular flexibility index (Phi) is 13.7. The van der Waals surface area contributed by atoms with Crippen molar-refractivity contribution in [3.8, 4) is 0 Å². The molecule has 0 aromatic carbocycles. The number of pyridine rings is 1. The molecule has 0 unspecified atom stereocenters. The van der Waals surface area contributed by atoms with Gasteiger partial charge in [-0.3, -0.25) is 4.99 Å². The highest BCUT2D eigenvalue weighted by molar-refractivity contribution is 5.85. The summed E-state index contributed by atoms with van der Waals surface area (Å²) < 4.78 is 2.27. The molecule has 1 heterocycles. The number of unbranched alkanes of at least 4 members (excludes halogenated alkanes) is 7. The fourth-order valence-electron chi connectivity index (χ4n) is 2.35. The van der Waals surface area contributed by atoms with Gasteiger partial charge in [0.15, 0.2) is 0 Å². The van der Waals surface area contributed by atoms with Crippen LogP contribution in [0.4, 0.5) is 0 Å². The quantitative estimate of drug-likeness (QED) is 0.489. The van der Waals surface area contributed by atoms with Crippen molar-refractivity contribution in [3.05, 3.63) is 29.9 Å². The minimum absolute atomic E-state index is 0. The Hall–Kier alpha value is -0.760. The van der Waals surface area contributed by atoms with Crippen molar-refractivity contribution in [2.45, 2.75) is 78.2 Å². The van der Waals surface area contributed by atoms with E-state index >= 15 is 0 Å². The highest BCUT2D eigenvalue weighted by Crippen LogP contribution is 2.02. The van der Waals surface area contributed by atoms with Crippen molar-refractivity contribution in [3.63, 3.8) is 0 Å². The van der Waals surface area contributed by atoms with E-state index in [4.69, 9.17) is 0 Å². The van der Waals surface area contributed by atoms with Crippen LogP contribution in [0.1, 0.15) is 71.6 Å². The van der Waals surface area contributed by atoms with Crippen LogP contribution in [0.2, 0.25) is 0 Å². The summed E-state index contributed by atoms with van der Waals surface area (Å²) in [5.41, 5.74) is 0. The van der Waals surface area contributed by atoms with Gasteiger partial charge in [-0.15, -0.1) is 12.4 Å². The average Bonchev–Trinajstić information content (AvgIpc) is 2.49. The zero-order valence-electron chi connectivity index (χ0n) is 13.9. The minimum atomic E-state index is 0. The van der Waals surface area contributed by atoms with Gasteiger partial charge >= 0.3 is 0 Å². The van der Waals surface area contributed by atoms with E-state index in [-0.39, 0.29) is 12.4 Å². The first-order valence-electron chi connectivity index (χ1n) is 8.53. The Bertz CT molecular complexity index is 378. The molecule has 0 saturated carbocycles. The highest BCUT2D eigenvalue weighted by atomic mass is 35.5. The number of aryl methyl sites for hydroxylation is 1. The molecule has 0 spiro atoms. The summed E-state index contributed by atoms with van der Waals surface area (Å²) in [7, 11) is 0. The Morgan fingerprint density at radius 3 is 2.00 bits per heavy atom. The van der Waals surface area contributed by atoms with Gasteiger partial charge < -0.3 is 4.57 Å². The molecule has 0 fully saturated rings. The summed E-state index contributed by atoms with van der Waals surface area (Å²) >= 11 is 0. The first kappa shape index (κ1) is 20.2. The molecule has 0 amide bonds. The van der Waals surface area contributed by atoms with Gasteiger partial charge in [-0.1, -0.05) is 58.8 Å². The van der Waals surface area contributed by atoms with Crippen molar-refractivity contribution < 1.29 is 0 Å². The predicted molar refractivity (Wildman–Crippen MR) is 95.0 cm³/mol. The molecule has 0 aliphatic heterocycles. The molecule has 1 aromatic heterocycles. The first-order chi connectivity index (χ1) is 9.86. The molecule has 0 bridgehead atoms. The summed E-state index contributed by atoms with van der Waals surface area (Å²) in [4.78, 5) is 4.64. The maximum Gasteiger partial charge on any atom is 0.0603 e. The molecule has 1 rings (SSSR count). The number of halogens is 1. The number of hydrogen-bond acceptors (Lipinski definition) is 1. The van der Waals surface area contributed by atoms with Crippen LogP contribution in [0, 0.1) is 0 Å². The van der Waals surface area contributed by atoms with Gasteiger partial charge in [0.1, 0.15) is 0 Å². The number of rotatable bonds is 11. The monoisotopic (exact) mass is 312 g/mol. The van der Waals surface area contributed by atoms with Crippen molar-refractivity contribution >= 4 is 12.4 Å².